The van der Waals surface area contributed by atoms with Gasteiger partial charge in [-0.3, -0.25) is 0 Å². The van der Waals surface area contributed by atoms with Crippen LogP contribution in [0.1, 0.15) is 29.2 Å². The number of hydrogen-bond donors (Lipinski definition) is 1. The van der Waals surface area contributed by atoms with Gasteiger partial charge in [-0.15, -0.1) is 0 Å². The quantitative estimate of drug-likeness (QED) is 0.926. The standard InChI is InChI=1S/C16H14F3NO2S/c17-16(18,19)12-5-3-6-13(10-12)23(21,22)20-15-9-8-11-4-1-2-7-14(11)15/h1-7,10,15,20H,8-9H2. The maximum atomic E-state index is 12.7. The van der Waals surface area contributed by atoms with Gasteiger partial charge < -0.3 is 0 Å². The van der Waals surface area contributed by atoms with Gasteiger partial charge in [0.2, 0.25) is 10.0 Å². The molecule has 1 aliphatic carbocycles. The fourth-order valence-electron chi connectivity index (χ4n) is 2.77. The molecule has 3 rings (SSSR count). The molecular formula is C16H14F3NO2S. The molecule has 0 spiro atoms. The first-order valence-corrected chi connectivity index (χ1v) is 8.53. The summed E-state index contributed by atoms with van der Waals surface area (Å²) in [6, 6.07) is 10.8. The fourth-order valence-corrected chi connectivity index (χ4v) is 4.07. The molecule has 0 amide bonds. The molecule has 2 aromatic rings. The summed E-state index contributed by atoms with van der Waals surface area (Å²) in [5.74, 6) is 0. The zero-order valence-corrected chi connectivity index (χ0v) is 12.8. The number of alkyl halides is 3. The average Bonchev–Trinajstić information content (AvgIpc) is 2.89. The number of aryl methyl sites for hydroxylation is 1. The van der Waals surface area contributed by atoms with E-state index in [2.05, 4.69) is 4.72 Å². The molecule has 0 heterocycles. The molecule has 1 unspecified atom stereocenters. The van der Waals surface area contributed by atoms with E-state index in [1.54, 1.807) is 0 Å². The second-order valence-electron chi connectivity index (χ2n) is 5.44. The predicted molar refractivity (Wildman–Crippen MR) is 79.3 cm³/mol. The van der Waals surface area contributed by atoms with Crippen molar-refractivity contribution < 1.29 is 21.6 Å². The van der Waals surface area contributed by atoms with Gasteiger partial charge in [-0.1, -0.05) is 30.3 Å². The van der Waals surface area contributed by atoms with Crippen molar-refractivity contribution in [3.63, 3.8) is 0 Å². The first-order valence-electron chi connectivity index (χ1n) is 7.05. The van der Waals surface area contributed by atoms with Crippen molar-refractivity contribution in [2.75, 3.05) is 0 Å². The second kappa shape index (κ2) is 5.65. The van der Waals surface area contributed by atoms with Crippen LogP contribution in [-0.4, -0.2) is 8.42 Å². The highest BCUT2D eigenvalue weighted by atomic mass is 32.2. The molecule has 0 saturated carbocycles. The van der Waals surface area contributed by atoms with Gasteiger partial charge in [0.1, 0.15) is 0 Å². The highest BCUT2D eigenvalue weighted by Crippen LogP contribution is 2.33. The van der Waals surface area contributed by atoms with Gasteiger partial charge in [0.05, 0.1) is 10.5 Å². The van der Waals surface area contributed by atoms with Crippen LogP contribution in [0.15, 0.2) is 53.4 Å². The molecule has 122 valence electrons. The Kier molecular flexibility index (Phi) is 3.93. The number of sulfonamides is 1. The van der Waals surface area contributed by atoms with E-state index >= 15 is 0 Å². The average molecular weight is 341 g/mol. The molecule has 3 nitrogen and oxygen atoms in total. The van der Waals surface area contributed by atoms with Crippen molar-refractivity contribution in [2.24, 2.45) is 0 Å². The summed E-state index contributed by atoms with van der Waals surface area (Å²) in [6.07, 6.45) is -3.24. The molecule has 0 radical (unpaired) electrons. The summed E-state index contributed by atoms with van der Waals surface area (Å²) in [5.41, 5.74) is 0.958. The molecule has 1 atom stereocenters. The Hall–Kier alpha value is -1.86. The number of fused-ring (bicyclic) bond motifs is 1. The van der Waals surface area contributed by atoms with E-state index in [9.17, 15) is 21.6 Å². The highest BCUT2D eigenvalue weighted by Gasteiger charge is 2.32. The van der Waals surface area contributed by atoms with Crippen molar-refractivity contribution in [1.82, 2.24) is 4.72 Å². The van der Waals surface area contributed by atoms with Crippen LogP contribution in [0, 0.1) is 0 Å². The van der Waals surface area contributed by atoms with Crippen LogP contribution < -0.4 is 4.72 Å². The first-order chi connectivity index (χ1) is 10.8. The summed E-state index contributed by atoms with van der Waals surface area (Å²) in [6.45, 7) is 0. The van der Waals surface area contributed by atoms with Gasteiger partial charge in [0.15, 0.2) is 0 Å². The SMILES string of the molecule is O=S(=O)(NC1CCc2ccccc21)c1cccc(C(F)(F)F)c1. The third-order valence-corrected chi connectivity index (χ3v) is 5.37. The third-order valence-electron chi connectivity index (χ3n) is 3.90. The van der Waals surface area contributed by atoms with Crippen LogP contribution >= 0.6 is 0 Å². The van der Waals surface area contributed by atoms with Crippen LogP contribution in [0.5, 0.6) is 0 Å². The Labute approximate surface area is 132 Å². The number of halogens is 3. The largest absolute Gasteiger partial charge is 0.416 e. The number of rotatable bonds is 3. The molecule has 0 aliphatic heterocycles. The van der Waals surface area contributed by atoms with E-state index in [4.69, 9.17) is 0 Å². The van der Waals surface area contributed by atoms with Crippen molar-refractivity contribution in [3.8, 4) is 0 Å². The minimum Gasteiger partial charge on any atom is -0.207 e. The minimum atomic E-state index is -4.58. The topological polar surface area (TPSA) is 46.2 Å². The smallest absolute Gasteiger partial charge is 0.207 e. The van der Waals surface area contributed by atoms with Gasteiger partial charge in [0, 0.05) is 6.04 Å². The molecule has 23 heavy (non-hydrogen) atoms. The Morgan fingerprint density at radius 2 is 1.78 bits per heavy atom. The third kappa shape index (κ3) is 3.25. The maximum absolute atomic E-state index is 12.7. The predicted octanol–water partition coefficient (Wildman–Crippen LogP) is 3.67. The Balaban J connectivity index is 1.89. The Morgan fingerprint density at radius 1 is 1.04 bits per heavy atom. The molecule has 7 heteroatoms. The summed E-state index contributed by atoms with van der Waals surface area (Å²) < 4.78 is 65.5. The van der Waals surface area contributed by atoms with E-state index in [1.165, 1.54) is 6.07 Å². The first kappa shape index (κ1) is 16.0. The van der Waals surface area contributed by atoms with E-state index in [-0.39, 0.29) is 4.90 Å². The number of nitrogens with one attached hydrogen (secondary N) is 1. The van der Waals surface area contributed by atoms with E-state index in [0.717, 1.165) is 29.7 Å². The van der Waals surface area contributed by atoms with Gasteiger partial charge in [-0.25, -0.2) is 13.1 Å². The molecule has 2 aromatic carbocycles. The van der Waals surface area contributed by atoms with Crippen LogP contribution in [-0.2, 0) is 22.6 Å². The molecule has 1 aliphatic rings. The van der Waals surface area contributed by atoms with Crippen molar-refractivity contribution in [2.45, 2.75) is 30.0 Å². The number of benzene rings is 2. The van der Waals surface area contributed by atoms with Crippen LogP contribution in [0.25, 0.3) is 0 Å². The maximum Gasteiger partial charge on any atom is 0.416 e. The Morgan fingerprint density at radius 3 is 2.52 bits per heavy atom. The van der Waals surface area contributed by atoms with Crippen molar-refractivity contribution in [3.05, 3.63) is 65.2 Å². The van der Waals surface area contributed by atoms with Crippen molar-refractivity contribution in [1.29, 1.82) is 0 Å². The number of hydrogen-bond acceptors (Lipinski definition) is 2. The second-order valence-corrected chi connectivity index (χ2v) is 7.15. The molecule has 0 bridgehead atoms. The summed E-state index contributed by atoms with van der Waals surface area (Å²) in [5, 5.41) is 0. The van der Waals surface area contributed by atoms with Crippen LogP contribution in [0.4, 0.5) is 13.2 Å². The lowest BCUT2D eigenvalue weighted by Crippen LogP contribution is -2.27. The molecule has 1 N–H and O–H groups in total. The normalized spacial score (nSPS) is 18.0. The fraction of sp³-hybridized carbons (Fsp3) is 0.250. The lowest BCUT2D eigenvalue weighted by atomic mass is 10.1. The molecule has 0 aromatic heterocycles. The zero-order valence-electron chi connectivity index (χ0n) is 12.0. The van der Waals surface area contributed by atoms with E-state index < -0.39 is 27.8 Å². The van der Waals surface area contributed by atoms with Gasteiger partial charge >= 0.3 is 6.18 Å². The lowest BCUT2D eigenvalue weighted by Gasteiger charge is -2.15. The van der Waals surface area contributed by atoms with Gasteiger partial charge in [0.25, 0.3) is 0 Å². The van der Waals surface area contributed by atoms with Crippen molar-refractivity contribution >= 4 is 10.0 Å². The lowest BCUT2D eigenvalue weighted by molar-refractivity contribution is -0.137. The van der Waals surface area contributed by atoms with Gasteiger partial charge in [-0.05, 0) is 42.2 Å². The van der Waals surface area contributed by atoms with E-state index in [0.29, 0.717) is 12.5 Å². The molecule has 0 saturated heterocycles. The van der Waals surface area contributed by atoms with Crippen LogP contribution in [0.3, 0.4) is 0 Å². The van der Waals surface area contributed by atoms with Crippen LogP contribution in [0.2, 0.25) is 0 Å². The summed E-state index contributed by atoms with van der Waals surface area (Å²) in [4.78, 5) is -0.378. The monoisotopic (exact) mass is 341 g/mol. The minimum absolute atomic E-state index is 0.378. The molecular weight excluding hydrogens is 327 g/mol. The van der Waals surface area contributed by atoms with Gasteiger partial charge in [-0.2, -0.15) is 13.2 Å². The Bertz CT molecular complexity index is 831. The molecule has 0 fully saturated rings. The zero-order chi connectivity index (χ0) is 16.7. The summed E-state index contributed by atoms with van der Waals surface area (Å²) >= 11 is 0. The van der Waals surface area contributed by atoms with E-state index in [1.807, 2.05) is 24.3 Å². The summed E-state index contributed by atoms with van der Waals surface area (Å²) in [7, 11) is -4.02. The highest BCUT2D eigenvalue weighted by molar-refractivity contribution is 7.89.